The summed E-state index contributed by atoms with van der Waals surface area (Å²) >= 11 is 3.41. The standard InChI is InChI=1S/C34H35BrFN3O4S/c1-2-3-21-37-34(41)32(22-26-11-6-4-7-12-26)38(24-27-17-19-29(36)20-18-27)33(40)25-39(30-14-10-13-28(35)23-30)44(42,43)31-15-8-5-9-16-31/h4-20,23,32H,2-3,21-22,24-25H2,1H3,(H,37,41)/t32-/m1/s1. The predicted molar refractivity (Wildman–Crippen MR) is 174 cm³/mol. The molecule has 10 heteroatoms. The molecule has 2 amide bonds. The Hall–Kier alpha value is -4.02. The number of nitrogens with zero attached hydrogens (tertiary/aromatic N) is 2. The molecule has 1 N–H and O–H groups in total. The van der Waals surface area contributed by atoms with Crippen LogP contribution in [0.4, 0.5) is 10.1 Å². The fourth-order valence-electron chi connectivity index (χ4n) is 4.73. The number of nitrogens with one attached hydrogen (secondary N) is 1. The quantitative estimate of drug-likeness (QED) is 0.158. The van der Waals surface area contributed by atoms with E-state index in [9.17, 15) is 22.4 Å². The lowest BCUT2D eigenvalue weighted by Crippen LogP contribution is -2.53. The van der Waals surface area contributed by atoms with Gasteiger partial charge >= 0.3 is 0 Å². The van der Waals surface area contributed by atoms with Gasteiger partial charge in [0.1, 0.15) is 18.4 Å². The van der Waals surface area contributed by atoms with Crippen LogP contribution < -0.4 is 9.62 Å². The summed E-state index contributed by atoms with van der Waals surface area (Å²) in [4.78, 5) is 29.5. The van der Waals surface area contributed by atoms with E-state index in [1.54, 1.807) is 54.6 Å². The van der Waals surface area contributed by atoms with E-state index in [1.807, 2.05) is 37.3 Å². The summed E-state index contributed by atoms with van der Waals surface area (Å²) in [6.45, 7) is 1.85. The van der Waals surface area contributed by atoms with Gasteiger partial charge in [-0.25, -0.2) is 12.8 Å². The van der Waals surface area contributed by atoms with Gasteiger partial charge in [-0.15, -0.1) is 0 Å². The molecule has 0 radical (unpaired) electrons. The number of halogens is 2. The highest BCUT2D eigenvalue weighted by molar-refractivity contribution is 9.10. The molecule has 0 aliphatic carbocycles. The highest BCUT2D eigenvalue weighted by Gasteiger charge is 2.34. The Labute approximate surface area is 266 Å². The van der Waals surface area contributed by atoms with Gasteiger partial charge in [-0.1, -0.05) is 96.0 Å². The van der Waals surface area contributed by atoms with Crippen LogP contribution >= 0.6 is 15.9 Å². The fourth-order valence-corrected chi connectivity index (χ4v) is 6.54. The SMILES string of the molecule is CCCCNC(=O)[C@@H](Cc1ccccc1)N(Cc1ccc(F)cc1)C(=O)CN(c1cccc(Br)c1)S(=O)(=O)c1ccccc1. The Kier molecular flexibility index (Phi) is 11.7. The van der Waals surface area contributed by atoms with Crippen LogP contribution in [0, 0.1) is 5.82 Å². The van der Waals surface area contributed by atoms with Crippen molar-refractivity contribution < 1.29 is 22.4 Å². The molecular formula is C34H35BrFN3O4S. The van der Waals surface area contributed by atoms with Crippen LogP contribution in [0.15, 0.2) is 119 Å². The molecule has 1 atom stereocenters. The maximum absolute atomic E-state index is 14.4. The van der Waals surface area contributed by atoms with E-state index in [0.717, 1.165) is 22.7 Å². The van der Waals surface area contributed by atoms with Gasteiger partial charge in [-0.05, 0) is 60.0 Å². The van der Waals surface area contributed by atoms with Crippen molar-refractivity contribution in [3.63, 3.8) is 0 Å². The first-order chi connectivity index (χ1) is 21.2. The summed E-state index contributed by atoms with van der Waals surface area (Å²) in [5.41, 5.74) is 1.71. The predicted octanol–water partition coefficient (Wildman–Crippen LogP) is 6.34. The molecule has 44 heavy (non-hydrogen) atoms. The Bertz CT molecular complexity index is 1640. The Morgan fingerprint density at radius 2 is 1.52 bits per heavy atom. The molecule has 4 aromatic carbocycles. The maximum atomic E-state index is 14.4. The van der Waals surface area contributed by atoms with Crippen molar-refractivity contribution in [2.75, 3.05) is 17.4 Å². The first kappa shape index (κ1) is 32.9. The van der Waals surface area contributed by atoms with E-state index in [2.05, 4.69) is 21.2 Å². The molecule has 0 bridgehead atoms. The van der Waals surface area contributed by atoms with Gasteiger partial charge in [-0.2, -0.15) is 0 Å². The van der Waals surface area contributed by atoms with E-state index in [1.165, 1.54) is 29.2 Å². The average molecular weight is 681 g/mol. The summed E-state index contributed by atoms with van der Waals surface area (Å²) < 4.78 is 43.5. The second-order valence-electron chi connectivity index (χ2n) is 10.3. The fraction of sp³-hybridized carbons (Fsp3) is 0.235. The number of hydrogen-bond acceptors (Lipinski definition) is 4. The van der Waals surface area contributed by atoms with E-state index in [4.69, 9.17) is 0 Å². The Balaban J connectivity index is 1.78. The van der Waals surface area contributed by atoms with Crippen LogP contribution in [0.1, 0.15) is 30.9 Å². The van der Waals surface area contributed by atoms with Crippen molar-refractivity contribution in [1.82, 2.24) is 10.2 Å². The normalized spacial score (nSPS) is 11.9. The number of amides is 2. The minimum Gasteiger partial charge on any atom is -0.354 e. The maximum Gasteiger partial charge on any atom is 0.264 e. The average Bonchev–Trinajstić information content (AvgIpc) is 3.03. The molecule has 0 heterocycles. The lowest BCUT2D eigenvalue weighted by molar-refractivity contribution is -0.140. The summed E-state index contributed by atoms with van der Waals surface area (Å²) in [5, 5.41) is 2.95. The van der Waals surface area contributed by atoms with Crippen molar-refractivity contribution in [2.24, 2.45) is 0 Å². The van der Waals surface area contributed by atoms with E-state index in [-0.39, 0.29) is 29.5 Å². The van der Waals surface area contributed by atoms with Crippen LogP contribution in [0.25, 0.3) is 0 Å². The molecule has 0 aliphatic heterocycles. The van der Waals surface area contributed by atoms with Gasteiger partial charge < -0.3 is 10.2 Å². The smallest absolute Gasteiger partial charge is 0.264 e. The number of carbonyl (C=O) groups is 2. The molecular weight excluding hydrogens is 645 g/mol. The number of hydrogen-bond donors (Lipinski definition) is 1. The monoisotopic (exact) mass is 679 g/mol. The number of carbonyl (C=O) groups excluding carboxylic acids is 2. The number of sulfonamides is 1. The third-order valence-corrected chi connectivity index (χ3v) is 9.35. The minimum absolute atomic E-state index is 0.0241. The zero-order chi connectivity index (χ0) is 31.5. The lowest BCUT2D eigenvalue weighted by atomic mass is 10.0. The van der Waals surface area contributed by atoms with Crippen LogP contribution in [0.5, 0.6) is 0 Å². The van der Waals surface area contributed by atoms with Crippen LogP contribution in [-0.4, -0.2) is 44.3 Å². The van der Waals surface area contributed by atoms with Crippen LogP contribution in [0.2, 0.25) is 0 Å². The number of anilines is 1. The molecule has 4 aromatic rings. The zero-order valence-corrected chi connectivity index (χ0v) is 26.8. The summed E-state index contributed by atoms with van der Waals surface area (Å²) in [5.74, 6) is -1.36. The van der Waals surface area contributed by atoms with Gasteiger partial charge in [0.2, 0.25) is 11.8 Å². The number of rotatable bonds is 14. The molecule has 0 unspecified atom stereocenters. The van der Waals surface area contributed by atoms with Crippen LogP contribution in [0.3, 0.4) is 0 Å². The van der Waals surface area contributed by atoms with E-state index in [0.29, 0.717) is 16.6 Å². The molecule has 0 aliphatic rings. The summed E-state index contributed by atoms with van der Waals surface area (Å²) in [6.07, 6.45) is 1.84. The third-order valence-electron chi connectivity index (χ3n) is 7.07. The Morgan fingerprint density at radius 3 is 2.16 bits per heavy atom. The van der Waals surface area contributed by atoms with Gasteiger partial charge in [-0.3, -0.25) is 13.9 Å². The second-order valence-corrected chi connectivity index (χ2v) is 13.1. The van der Waals surface area contributed by atoms with Gasteiger partial charge in [0.25, 0.3) is 10.0 Å². The zero-order valence-electron chi connectivity index (χ0n) is 24.4. The summed E-state index contributed by atoms with van der Waals surface area (Å²) in [6, 6.07) is 28.6. The van der Waals surface area contributed by atoms with E-state index < -0.39 is 34.3 Å². The van der Waals surface area contributed by atoms with Crippen LogP contribution in [-0.2, 0) is 32.6 Å². The van der Waals surface area contributed by atoms with E-state index >= 15 is 0 Å². The highest BCUT2D eigenvalue weighted by Crippen LogP contribution is 2.27. The van der Waals surface area contributed by atoms with Crippen molar-refractivity contribution >= 4 is 43.5 Å². The highest BCUT2D eigenvalue weighted by atomic mass is 79.9. The number of benzene rings is 4. The third kappa shape index (κ3) is 8.76. The molecule has 0 aromatic heterocycles. The van der Waals surface area contributed by atoms with Crippen molar-refractivity contribution in [2.45, 2.75) is 43.7 Å². The molecule has 0 fully saturated rings. The summed E-state index contributed by atoms with van der Waals surface area (Å²) in [7, 11) is -4.19. The molecule has 7 nitrogen and oxygen atoms in total. The molecule has 0 saturated heterocycles. The Morgan fingerprint density at radius 1 is 0.864 bits per heavy atom. The van der Waals surface area contributed by atoms with Gasteiger partial charge in [0.05, 0.1) is 10.6 Å². The second kappa shape index (κ2) is 15.6. The molecule has 4 rings (SSSR count). The van der Waals surface area contributed by atoms with Gasteiger partial charge in [0, 0.05) is 24.0 Å². The molecule has 0 spiro atoms. The minimum atomic E-state index is -4.19. The number of unbranched alkanes of at least 4 members (excludes halogenated alkanes) is 1. The first-order valence-corrected chi connectivity index (χ1v) is 16.6. The van der Waals surface area contributed by atoms with Crippen molar-refractivity contribution in [3.8, 4) is 0 Å². The topological polar surface area (TPSA) is 86.8 Å². The molecule has 230 valence electrons. The lowest BCUT2D eigenvalue weighted by Gasteiger charge is -2.34. The first-order valence-electron chi connectivity index (χ1n) is 14.4. The van der Waals surface area contributed by atoms with Gasteiger partial charge in [0.15, 0.2) is 0 Å². The molecule has 0 saturated carbocycles. The van der Waals surface area contributed by atoms with Crippen molar-refractivity contribution in [1.29, 1.82) is 0 Å². The largest absolute Gasteiger partial charge is 0.354 e. The van der Waals surface area contributed by atoms with Crippen molar-refractivity contribution in [3.05, 3.63) is 131 Å².